The van der Waals surface area contributed by atoms with Gasteiger partial charge in [0.25, 0.3) is 0 Å². The fraction of sp³-hybridized carbons (Fsp3) is 0.600. The number of aryl methyl sites for hydroxylation is 2. The molecule has 0 unspecified atom stereocenters. The summed E-state index contributed by atoms with van der Waals surface area (Å²) in [6.45, 7) is 0. The highest BCUT2D eigenvalue weighted by atomic mass is 16.4. The molecule has 0 spiro atoms. The molecule has 0 saturated heterocycles. The summed E-state index contributed by atoms with van der Waals surface area (Å²) in [4.78, 5) is 18.1. The second-order valence-corrected chi connectivity index (χ2v) is 3.96. The molecule has 5 heteroatoms. The number of carboxylic acids is 1. The first-order chi connectivity index (χ1) is 7.16. The zero-order valence-corrected chi connectivity index (χ0v) is 8.49. The third-order valence-electron chi connectivity index (χ3n) is 2.73. The van der Waals surface area contributed by atoms with Crippen LogP contribution in [0.3, 0.4) is 0 Å². The third-order valence-corrected chi connectivity index (χ3v) is 2.73. The van der Waals surface area contributed by atoms with Crippen molar-refractivity contribution in [3.63, 3.8) is 0 Å². The van der Waals surface area contributed by atoms with Crippen LogP contribution in [-0.4, -0.2) is 27.1 Å². The predicted octanol–water partition coefficient (Wildman–Crippen LogP) is 0.243. The normalized spacial score (nSPS) is 17.1. The molecule has 1 heterocycles. The number of H-pyrrole nitrogens is 1. The van der Waals surface area contributed by atoms with Crippen molar-refractivity contribution < 1.29 is 9.90 Å². The van der Waals surface area contributed by atoms with Crippen LogP contribution >= 0.6 is 0 Å². The van der Waals surface area contributed by atoms with E-state index in [1.165, 1.54) is 12.8 Å². The lowest BCUT2D eigenvalue weighted by atomic mass is 10.0. The Morgan fingerprint density at radius 2 is 2.27 bits per heavy atom. The van der Waals surface area contributed by atoms with E-state index in [1.54, 1.807) is 0 Å². The summed E-state index contributed by atoms with van der Waals surface area (Å²) in [6, 6.07) is -0.863. The summed E-state index contributed by atoms with van der Waals surface area (Å²) in [5, 5.41) is 8.68. The molecule has 1 aliphatic rings. The van der Waals surface area contributed by atoms with Gasteiger partial charge >= 0.3 is 5.97 Å². The van der Waals surface area contributed by atoms with Crippen molar-refractivity contribution in [2.45, 2.75) is 38.1 Å². The highest BCUT2D eigenvalue weighted by Gasteiger charge is 2.18. The van der Waals surface area contributed by atoms with Gasteiger partial charge in [-0.3, -0.25) is 4.79 Å². The lowest BCUT2D eigenvalue weighted by molar-refractivity contribution is -0.138. The summed E-state index contributed by atoms with van der Waals surface area (Å²) >= 11 is 0. The maximum Gasteiger partial charge on any atom is 0.320 e. The van der Waals surface area contributed by atoms with Crippen LogP contribution in [-0.2, 0) is 24.1 Å². The fourth-order valence-electron chi connectivity index (χ4n) is 1.90. The SMILES string of the molecule is N[C@H](Cc1nc2c([nH]1)CCCC2)C(=O)O. The van der Waals surface area contributed by atoms with Crippen molar-refractivity contribution in [2.75, 3.05) is 0 Å². The van der Waals surface area contributed by atoms with Crippen LogP contribution < -0.4 is 5.73 Å². The van der Waals surface area contributed by atoms with Gasteiger partial charge in [-0.2, -0.15) is 0 Å². The number of aromatic nitrogens is 2. The molecular weight excluding hydrogens is 194 g/mol. The molecule has 5 nitrogen and oxygen atoms in total. The Bertz CT molecular complexity index is 349. The molecule has 82 valence electrons. The minimum atomic E-state index is -0.982. The number of rotatable bonds is 3. The number of aromatic amines is 1. The number of hydrogen-bond acceptors (Lipinski definition) is 3. The van der Waals surface area contributed by atoms with E-state index in [4.69, 9.17) is 10.8 Å². The van der Waals surface area contributed by atoms with Gasteiger partial charge in [-0.1, -0.05) is 0 Å². The molecule has 15 heavy (non-hydrogen) atoms. The van der Waals surface area contributed by atoms with E-state index in [0.29, 0.717) is 5.82 Å². The van der Waals surface area contributed by atoms with E-state index in [2.05, 4.69) is 9.97 Å². The Labute approximate surface area is 87.7 Å². The van der Waals surface area contributed by atoms with Crippen molar-refractivity contribution in [3.05, 3.63) is 17.2 Å². The molecule has 0 aromatic carbocycles. The first-order valence-corrected chi connectivity index (χ1v) is 5.22. The molecular formula is C10H15N3O2. The van der Waals surface area contributed by atoms with Crippen LogP contribution in [0.25, 0.3) is 0 Å². The van der Waals surface area contributed by atoms with Crippen LogP contribution in [0.4, 0.5) is 0 Å². The average Bonchev–Trinajstić information content (AvgIpc) is 2.59. The van der Waals surface area contributed by atoms with Gasteiger partial charge < -0.3 is 15.8 Å². The van der Waals surface area contributed by atoms with Gasteiger partial charge in [0.05, 0.1) is 5.69 Å². The number of carbonyl (C=O) groups is 1. The molecule has 0 bridgehead atoms. The summed E-state index contributed by atoms with van der Waals surface area (Å²) in [5.74, 6) is -0.277. The molecule has 1 aliphatic carbocycles. The van der Waals surface area contributed by atoms with Crippen LogP contribution in [0.2, 0.25) is 0 Å². The Morgan fingerprint density at radius 1 is 1.53 bits per heavy atom. The Kier molecular flexibility index (Phi) is 2.73. The number of fused-ring (bicyclic) bond motifs is 1. The highest BCUT2D eigenvalue weighted by Crippen LogP contribution is 2.18. The molecule has 2 rings (SSSR count). The van der Waals surface area contributed by atoms with Gasteiger partial charge in [-0.25, -0.2) is 4.98 Å². The molecule has 0 radical (unpaired) electrons. The van der Waals surface area contributed by atoms with Gasteiger partial charge in [0.2, 0.25) is 0 Å². The second kappa shape index (κ2) is 4.02. The predicted molar refractivity (Wildman–Crippen MR) is 54.5 cm³/mol. The molecule has 0 saturated carbocycles. The highest BCUT2D eigenvalue weighted by molar-refractivity contribution is 5.73. The second-order valence-electron chi connectivity index (χ2n) is 3.96. The third kappa shape index (κ3) is 2.18. The van der Waals surface area contributed by atoms with E-state index < -0.39 is 12.0 Å². The number of hydrogen-bond donors (Lipinski definition) is 3. The maximum atomic E-state index is 10.6. The Morgan fingerprint density at radius 3 is 2.93 bits per heavy atom. The van der Waals surface area contributed by atoms with Gasteiger partial charge in [0.1, 0.15) is 11.9 Å². The first kappa shape index (κ1) is 10.2. The minimum absolute atomic E-state index is 0.280. The lowest BCUT2D eigenvalue weighted by Gasteiger charge is -2.07. The standard InChI is InChI=1S/C10H15N3O2/c11-6(10(14)15)5-9-12-7-3-1-2-4-8(7)13-9/h6H,1-5,11H2,(H,12,13)(H,14,15)/t6-/m1/s1. The summed E-state index contributed by atoms with van der Waals surface area (Å²) in [6.07, 6.45) is 4.64. The summed E-state index contributed by atoms with van der Waals surface area (Å²) < 4.78 is 0. The smallest absolute Gasteiger partial charge is 0.320 e. The monoisotopic (exact) mass is 209 g/mol. The van der Waals surface area contributed by atoms with Gasteiger partial charge in [0, 0.05) is 12.1 Å². The number of nitrogens with zero attached hydrogens (tertiary/aromatic N) is 1. The Balaban J connectivity index is 2.09. The molecule has 0 amide bonds. The van der Waals surface area contributed by atoms with E-state index >= 15 is 0 Å². The van der Waals surface area contributed by atoms with Crippen molar-refractivity contribution in [1.29, 1.82) is 0 Å². The van der Waals surface area contributed by atoms with E-state index in [0.717, 1.165) is 24.2 Å². The first-order valence-electron chi connectivity index (χ1n) is 5.22. The molecule has 0 fully saturated rings. The number of imidazole rings is 1. The lowest BCUT2D eigenvalue weighted by Crippen LogP contribution is -2.32. The molecule has 4 N–H and O–H groups in total. The van der Waals surface area contributed by atoms with Crippen LogP contribution in [0, 0.1) is 0 Å². The van der Waals surface area contributed by atoms with Crippen molar-refractivity contribution in [3.8, 4) is 0 Å². The number of nitrogens with two attached hydrogens (primary N) is 1. The van der Waals surface area contributed by atoms with Crippen LogP contribution in [0.1, 0.15) is 30.1 Å². The van der Waals surface area contributed by atoms with E-state index in [9.17, 15) is 4.79 Å². The molecule has 1 atom stereocenters. The van der Waals surface area contributed by atoms with Crippen LogP contribution in [0.15, 0.2) is 0 Å². The Hall–Kier alpha value is -1.36. The van der Waals surface area contributed by atoms with Gasteiger partial charge in [-0.15, -0.1) is 0 Å². The van der Waals surface area contributed by atoms with Crippen molar-refractivity contribution >= 4 is 5.97 Å². The summed E-state index contributed by atoms with van der Waals surface area (Å²) in [7, 11) is 0. The summed E-state index contributed by atoms with van der Waals surface area (Å²) in [5.41, 5.74) is 7.70. The largest absolute Gasteiger partial charge is 0.480 e. The fourth-order valence-corrected chi connectivity index (χ4v) is 1.90. The van der Waals surface area contributed by atoms with Crippen molar-refractivity contribution in [2.24, 2.45) is 5.73 Å². The number of aliphatic carboxylic acids is 1. The zero-order valence-electron chi connectivity index (χ0n) is 8.49. The number of carboxylic acid groups (broad SMARTS) is 1. The van der Waals surface area contributed by atoms with Crippen LogP contribution in [0.5, 0.6) is 0 Å². The van der Waals surface area contributed by atoms with Gasteiger partial charge in [-0.05, 0) is 25.7 Å². The van der Waals surface area contributed by atoms with E-state index in [1.807, 2.05) is 0 Å². The topological polar surface area (TPSA) is 92.0 Å². The van der Waals surface area contributed by atoms with Crippen molar-refractivity contribution in [1.82, 2.24) is 9.97 Å². The van der Waals surface area contributed by atoms with Gasteiger partial charge in [0.15, 0.2) is 0 Å². The van der Waals surface area contributed by atoms with E-state index in [-0.39, 0.29) is 6.42 Å². The maximum absolute atomic E-state index is 10.6. The minimum Gasteiger partial charge on any atom is -0.480 e. The zero-order chi connectivity index (χ0) is 10.8. The quantitative estimate of drug-likeness (QED) is 0.665. The molecule has 0 aliphatic heterocycles. The average molecular weight is 209 g/mol. The molecule has 1 aromatic rings. The number of nitrogens with one attached hydrogen (secondary N) is 1. The molecule has 1 aromatic heterocycles.